The zero-order valence-electron chi connectivity index (χ0n) is 12.3. The number of hydrogen-bond donors (Lipinski definition) is 1. The first kappa shape index (κ1) is 14.5. The smallest absolute Gasteiger partial charge is 0.0522 e. The number of hydrogen-bond acceptors (Lipinski definition) is 3. The Hall–Kier alpha value is -0.870. The van der Waals surface area contributed by atoms with Gasteiger partial charge in [-0.1, -0.05) is 13.3 Å². The predicted molar refractivity (Wildman–Crippen MR) is 77.0 cm³/mol. The number of likely N-dealkylation sites (tertiary alicyclic amines) is 1. The van der Waals surface area contributed by atoms with Crippen molar-refractivity contribution in [2.45, 2.75) is 39.0 Å². The summed E-state index contributed by atoms with van der Waals surface area (Å²) in [6.45, 7) is 5.86. The van der Waals surface area contributed by atoms with E-state index in [0.717, 1.165) is 32.4 Å². The first-order valence-corrected chi connectivity index (χ1v) is 7.48. The molecule has 2 heterocycles. The summed E-state index contributed by atoms with van der Waals surface area (Å²) < 4.78 is 1.86. The Kier molecular flexibility index (Phi) is 4.99. The normalized spacial score (nSPS) is 24.8. The zero-order valence-corrected chi connectivity index (χ0v) is 12.3. The van der Waals surface area contributed by atoms with Gasteiger partial charge in [-0.15, -0.1) is 0 Å². The molecule has 0 saturated carbocycles. The van der Waals surface area contributed by atoms with E-state index < -0.39 is 0 Å². The lowest BCUT2D eigenvalue weighted by atomic mass is 9.77. The summed E-state index contributed by atoms with van der Waals surface area (Å²) in [5.74, 6) is 0. The molecule has 108 valence electrons. The minimum absolute atomic E-state index is 0.155. The Morgan fingerprint density at radius 2 is 2.32 bits per heavy atom. The summed E-state index contributed by atoms with van der Waals surface area (Å²) in [6.07, 6.45) is 9.81. The second-order valence-electron chi connectivity index (χ2n) is 6.06. The SMILES string of the molecule is CCCC1(CO)CCCN(CCc2cnn(C)c2)C1. The van der Waals surface area contributed by atoms with Crippen molar-refractivity contribution in [3.05, 3.63) is 18.0 Å². The average molecular weight is 265 g/mol. The van der Waals surface area contributed by atoms with Gasteiger partial charge >= 0.3 is 0 Å². The van der Waals surface area contributed by atoms with Gasteiger partial charge in [0.2, 0.25) is 0 Å². The molecule has 1 fully saturated rings. The number of aliphatic hydroxyl groups is 1. The summed E-state index contributed by atoms with van der Waals surface area (Å²) in [4.78, 5) is 2.52. The van der Waals surface area contributed by atoms with Crippen molar-refractivity contribution in [2.75, 3.05) is 26.2 Å². The molecule has 0 amide bonds. The summed E-state index contributed by atoms with van der Waals surface area (Å²) in [5, 5.41) is 14.0. The van der Waals surface area contributed by atoms with Crippen molar-refractivity contribution in [1.82, 2.24) is 14.7 Å². The van der Waals surface area contributed by atoms with E-state index in [9.17, 15) is 5.11 Å². The van der Waals surface area contributed by atoms with Crippen molar-refractivity contribution in [3.8, 4) is 0 Å². The number of aromatic nitrogens is 2. The van der Waals surface area contributed by atoms with Crippen LogP contribution >= 0.6 is 0 Å². The Morgan fingerprint density at radius 3 is 2.95 bits per heavy atom. The summed E-state index contributed by atoms with van der Waals surface area (Å²) >= 11 is 0. The van der Waals surface area contributed by atoms with Gasteiger partial charge in [0.1, 0.15) is 0 Å². The molecule has 19 heavy (non-hydrogen) atoms. The Morgan fingerprint density at radius 1 is 1.47 bits per heavy atom. The zero-order chi connectivity index (χ0) is 13.7. The summed E-state index contributed by atoms with van der Waals surface area (Å²) in [7, 11) is 1.96. The maximum atomic E-state index is 9.74. The fraction of sp³-hybridized carbons (Fsp3) is 0.800. The van der Waals surface area contributed by atoms with Crippen molar-refractivity contribution >= 4 is 0 Å². The van der Waals surface area contributed by atoms with Crippen LogP contribution in [-0.4, -0.2) is 46.0 Å². The molecule has 1 saturated heterocycles. The standard InChI is InChI=1S/C15H27N3O/c1-3-6-15(13-19)7-4-8-18(12-15)9-5-14-10-16-17(2)11-14/h10-11,19H,3-9,12-13H2,1-2H3. The van der Waals surface area contributed by atoms with E-state index in [2.05, 4.69) is 23.1 Å². The van der Waals surface area contributed by atoms with Gasteiger partial charge in [0.15, 0.2) is 0 Å². The van der Waals surface area contributed by atoms with E-state index in [0.29, 0.717) is 6.61 Å². The van der Waals surface area contributed by atoms with Gasteiger partial charge in [0.05, 0.1) is 6.20 Å². The number of aryl methyl sites for hydroxylation is 1. The maximum Gasteiger partial charge on any atom is 0.0522 e. The van der Waals surface area contributed by atoms with E-state index in [-0.39, 0.29) is 5.41 Å². The molecule has 0 spiro atoms. The van der Waals surface area contributed by atoms with E-state index in [1.54, 1.807) is 0 Å². The second-order valence-corrected chi connectivity index (χ2v) is 6.06. The predicted octanol–water partition coefficient (Wildman–Crippen LogP) is 1.84. The van der Waals surface area contributed by atoms with E-state index >= 15 is 0 Å². The van der Waals surface area contributed by atoms with Gasteiger partial charge in [0, 0.05) is 38.4 Å². The molecule has 1 aromatic rings. The van der Waals surface area contributed by atoms with Crippen molar-refractivity contribution < 1.29 is 5.11 Å². The van der Waals surface area contributed by atoms with Crippen molar-refractivity contribution in [1.29, 1.82) is 0 Å². The molecule has 1 unspecified atom stereocenters. The van der Waals surface area contributed by atoms with Gasteiger partial charge in [-0.25, -0.2) is 0 Å². The molecule has 2 rings (SSSR count). The third-order valence-corrected chi connectivity index (χ3v) is 4.33. The van der Waals surface area contributed by atoms with E-state index in [1.165, 1.54) is 24.9 Å². The molecule has 4 heteroatoms. The van der Waals surface area contributed by atoms with Gasteiger partial charge in [-0.05, 0) is 37.8 Å². The van der Waals surface area contributed by atoms with Crippen LogP contribution in [0.2, 0.25) is 0 Å². The molecule has 0 aliphatic carbocycles. The first-order valence-electron chi connectivity index (χ1n) is 7.48. The maximum absolute atomic E-state index is 9.74. The average Bonchev–Trinajstić information content (AvgIpc) is 2.83. The lowest BCUT2D eigenvalue weighted by Crippen LogP contribution is -2.45. The minimum atomic E-state index is 0.155. The Labute approximate surface area is 116 Å². The molecule has 0 aromatic carbocycles. The quantitative estimate of drug-likeness (QED) is 0.853. The molecule has 0 radical (unpaired) electrons. The molecule has 1 aliphatic rings. The topological polar surface area (TPSA) is 41.3 Å². The van der Waals surface area contributed by atoms with Crippen molar-refractivity contribution in [2.24, 2.45) is 12.5 Å². The molecule has 0 bridgehead atoms. The van der Waals surface area contributed by atoms with Crippen LogP contribution < -0.4 is 0 Å². The van der Waals surface area contributed by atoms with Crippen LogP contribution in [0.3, 0.4) is 0 Å². The van der Waals surface area contributed by atoms with Crippen LogP contribution in [0.4, 0.5) is 0 Å². The Balaban J connectivity index is 1.86. The molecule has 4 nitrogen and oxygen atoms in total. The lowest BCUT2D eigenvalue weighted by Gasteiger charge is -2.42. The molecule has 1 atom stereocenters. The van der Waals surface area contributed by atoms with Gasteiger partial charge in [0.25, 0.3) is 0 Å². The van der Waals surface area contributed by atoms with Gasteiger partial charge < -0.3 is 10.0 Å². The summed E-state index contributed by atoms with van der Waals surface area (Å²) in [6, 6.07) is 0. The monoisotopic (exact) mass is 265 g/mol. The second kappa shape index (κ2) is 6.53. The number of aliphatic hydroxyl groups excluding tert-OH is 1. The van der Waals surface area contributed by atoms with Crippen LogP contribution in [0.5, 0.6) is 0 Å². The van der Waals surface area contributed by atoms with E-state index in [1.807, 2.05) is 17.9 Å². The molecule has 1 N–H and O–H groups in total. The fourth-order valence-electron chi connectivity index (χ4n) is 3.33. The van der Waals surface area contributed by atoms with Crippen LogP contribution in [0.15, 0.2) is 12.4 Å². The number of piperidine rings is 1. The molecular weight excluding hydrogens is 238 g/mol. The van der Waals surface area contributed by atoms with Crippen LogP contribution in [0.1, 0.15) is 38.2 Å². The highest BCUT2D eigenvalue weighted by Crippen LogP contribution is 2.34. The van der Waals surface area contributed by atoms with Crippen LogP contribution in [0, 0.1) is 5.41 Å². The number of nitrogens with zero attached hydrogens (tertiary/aromatic N) is 3. The Bertz CT molecular complexity index is 386. The van der Waals surface area contributed by atoms with Gasteiger partial charge in [-0.2, -0.15) is 5.10 Å². The highest BCUT2D eigenvalue weighted by molar-refractivity contribution is 5.04. The lowest BCUT2D eigenvalue weighted by molar-refractivity contribution is 0.0255. The fourth-order valence-corrected chi connectivity index (χ4v) is 3.33. The third kappa shape index (κ3) is 3.80. The minimum Gasteiger partial charge on any atom is -0.396 e. The highest BCUT2D eigenvalue weighted by Gasteiger charge is 2.33. The molecule has 1 aliphatic heterocycles. The molecule has 1 aromatic heterocycles. The van der Waals surface area contributed by atoms with Gasteiger partial charge in [-0.3, -0.25) is 4.68 Å². The van der Waals surface area contributed by atoms with E-state index in [4.69, 9.17) is 0 Å². The van der Waals surface area contributed by atoms with Crippen LogP contribution in [0.25, 0.3) is 0 Å². The third-order valence-electron chi connectivity index (χ3n) is 4.33. The summed E-state index contributed by atoms with van der Waals surface area (Å²) in [5.41, 5.74) is 1.46. The molecular formula is C15H27N3O. The van der Waals surface area contributed by atoms with Crippen molar-refractivity contribution in [3.63, 3.8) is 0 Å². The largest absolute Gasteiger partial charge is 0.396 e. The highest BCUT2D eigenvalue weighted by atomic mass is 16.3. The number of rotatable bonds is 6. The first-order chi connectivity index (χ1) is 9.17. The van der Waals surface area contributed by atoms with Crippen LogP contribution in [-0.2, 0) is 13.5 Å².